The first-order valence-corrected chi connectivity index (χ1v) is 7.75. The number of hydrogen-bond donors (Lipinski definition) is 0. The highest BCUT2D eigenvalue weighted by atomic mass is 16.5. The van der Waals surface area contributed by atoms with Crippen LogP contribution >= 0.6 is 0 Å². The lowest BCUT2D eigenvalue weighted by atomic mass is 10.0. The molecule has 0 aliphatic carbocycles. The van der Waals surface area contributed by atoms with Crippen molar-refractivity contribution in [1.29, 1.82) is 0 Å². The minimum atomic E-state index is -0.242. The molecule has 1 heterocycles. The van der Waals surface area contributed by atoms with E-state index in [2.05, 4.69) is 36.4 Å². The van der Waals surface area contributed by atoms with Gasteiger partial charge < -0.3 is 9.64 Å². The minimum Gasteiger partial charge on any atom is -0.368 e. The van der Waals surface area contributed by atoms with Gasteiger partial charge in [0.05, 0.1) is 0 Å². The highest BCUT2D eigenvalue weighted by Crippen LogP contribution is 2.20. The molecule has 3 heteroatoms. The molecule has 1 saturated heterocycles. The van der Waals surface area contributed by atoms with Crippen LogP contribution in [-0.2, 0) is 16.1 Å². The number of rotatable bonds is 4. The summed E-state index contributed by atoms with van der Waals surface area (Å²) in [5.41, 5.74) is 3.53. The maximum absolute atomic E-state index is 12.2. The second kappa shape index (κ2) is 6.75. The Hall–Kier alpha value is -2.13. The summed E-state index contributed by atoms with van der Waals surface area (Å²) in [5, 5.41) is 0. The number of benzene rings is 2. The second-order valence-electron chi connectivity index (χ2n) is 5.76. The Bertz CT molecular complexity index is 616. The zero-order valence-corrected chi connectivity index (χ0v) is 12.9. The topological polar surface area (TPSA) is 29.5 Å². The first-order chi connectivity index (χ1) is 10.7. The first kappa shape index (κ1) is 14.8. The van der Waals surface area contributed by atoms with Gasteiger partial charge in [-0.2, -0.15) is 0 Å². The zero-order chi connectivity index (χ0) is 15.4. The van der Waals surface area contributed by atoms with Gasteiger partial charge >= 0.3 is 0 Å². The van der Waals surface area contributed by atoms with E-state index in [9.17, 15) is 4.79 Å². The molecule has 2 aromatic rings. The molecule has 1 unspecified atom stereocenters. The van der Waals surface area contributed by atoms with Gasteiger partial charge in [-0.1, -0.05) is 54.6 Å². The molecule has 3 nitrogen and oxygen atoms in total. The Morgan fingerprint density at radius 1 is 1.09 bits per heavy atom. The Balaban J connectivity index is 1.64. The lowest BCUT2D eigenvalue weighted by molar-refractivity contribution is -0.140. The average molecular weight is 295 g/mol. The van der Waals surface area contributed by atoms with E-state index in [4.69, 9.17) is 4.74 Å². The third kappa shape index (κ3) is 3.37. The van der Waals surface area contributed by atoms with Crippen LogP contribution in [0.5, 0.6) is 0 Å². The first-order valence-electron chi connectivity index (χ1n) is 7.75. The van der Waals surface area contributed by atoms with Crippen molar-refractivity contribution in [1.82, 2.24) is 4.90 Å². The fourth-order valence-electron chi connectivity index (χ4n) is 2.80. The number of nitrogens with zero attached hydrogens (tertiary/aromatic N) is 1. The molecule has 1 atom stereocenters. The minimum absolute atomic E-state index is 0.0876. The van der Waals surface area contributed by atoms with Crippen LogP contribution in [0.4, 0.5) is 0 Å². The van der Waals surface area contributed by atoms with Crippen LogP contribution in [-0.4, -0.2) is 30.6 Å². The molecule has 22 heavy (non-hydrogen) atoms. The fourth-order valence-corrected chi connectivity index (χ4v) is 2.80. The third-order valence-electron chi connectivity index (χ3n) is 4.06. The monoisotopic (exact) mass is 295 g/mol. The summed E-state index contributed by atoms with van der Waals surface area (Å²) >= 11 is 0. The van der Waals surface area contributed by atoms with Crippen LogP contribution in [0.3, 0.4) is 0 Å². The smallest absolute Gasteiger partial charge is 0.251 e. The highest BCUT2D eigenvalue weighted by Gasteiger charge is 2.26. The van der Waals surface area contributed by atoms with Gasteiger partial charge in [0.25, 0.3) is 5.91 Å². The van der Waals surface area contributed by atoms with Crippen molar-refractivity contribution in [2.24, 2.45) is 0 Å². The predicted octanol–water partition coefficient (Wildman–Crippen LogP) is 3.49. The third-order valence-corrected chi connectivity index (χ3v) is 4.06. The molecule has 0 saturated carbocycles. The van der Waals surface area contributed by atoms with Gasteiger partial charge in [-0.15, -0.1) is 0 Å². The molecule has 0 bridgehead atoms. The van der Waals surface area contributed by atoms with Crippen molar-refractivity contribution in [2.75, 3.05) is 13.7 Å². The molecule has 0 spiro atoms. The molecular formula is C19H21NO2. The molecule has 0 radical (unpaired) electrons. The molecule has 3 rings (SSSR count). The van der Waals surface area contributed by atoms with Crippen LogP contribution in [0.25, 0.3) is 11.1 Å². The molecule has 2 aromatic carbocycles. The molecule has 114 valence electrons. The largest absolute Gasteiger partial charge is 0.368 e. The average Bonchev–Trinajstić information content (AvgIpc) is 3.10. The van der Waals surface area contributed by atoms with E-state index in [0.717, 1.165) is 18.4 Å². The van der Waals surface area contributed by atoms with Crippen LogP contribution < -0.4 is 0 Å². The van der Waals surface area contributed by atoms with E-state index in [1.165, 1.54) is 11.1 Å². The van der Waals surface area contributed by atoms with Crippen molar-refractivity contribution >= 4 is 5.91 Å². The molecule has 1 fully saturated rings. The number of likely N-dealkylation sites (N-methyl/N-ethyl adjacent to an activating group) is 1. The van der Waals surface area contributed by atoms with Crippen LogP contribution in [0.1, 0.15) is 18.4 Å². The SMILES string of the molecule is CN(Cc1ccc(-c2ccccc2)cc1)C(=O)C1CCCO1. The van der Waals surface area contributed by atoms with Crippen molar-refractivity contribution < 1.29 is 9.53 Å². The summed E-state index contributed by atoms with van der Waals surface area (Å²) in [6.07, 6.45) is 1.58. The summed E-state index contributed by atoms with van der Waals surface area (Å²) in [7, 11) is 1.84. The number of ether oxygens (including phenoxy) is 1. The van der Waals surface area contributed by atoms with E-state index in [0.29, 0.717) is 13.2 Å². The molecule has 0 N–H and O–H groups in total. The fraction of sp³-hybridized carbons (Fsp3) is 0.316. The van der Waals surface area contributed by atoms with Crippen molar-refractivity contribution in [3.8, 4) is 11.1 Å². The van der Waals surface area contributed by atoms with Gasteiger partial charge in [0.15, 0.2) is 0 Å². The van der Waals surface area contributed by atoms with Gasteiger partial charge in [-0.25, -0.2) is 0 Å². The Morgan fingerprint density at radius 2 is 1.77 bits per heavy atom. The van der Waals surface area contributed by atoms with E-state index in [1.807, 2.05) is 25.2 Å². The molecule has 1 amide bonds. The Kier molecular flexibility index (Phi) is 4.54. The summed E-state index contributed by atoms with van der Waals surface area (Å²) in [6.45, 7) is 1.32. The lowest BCUT2D eigenvalue weighted by Crippen LogP contribution is -2.35. The normalized spacial score (nSPS) is 17.4. The zero-order valence-electron chi connectivity index (χ0n) is 12.9. The lowest BCUT2D eigenvalue weighted by Gasteiger charge is -2.20. The van der Waals surface area contributed by atoms with Gasteiger partial charge in [0, 0.05) is 20.2 Å². The van der Waals surface area contributed by atoms with Gasteiger partial charge in [0.1, 0.15) is 6.10 Å². The summed E-state index contributed by atoms with van der Waals surface area (Å²) in [5.74, 6) is 0.0876. The maximum Gasteiger partial charge on any atom is 0.251 e. The molecule has 0 aromatic heterocycles. The quantitative estimate of drug-likeness (QED) is 0.864. The number of hydrogen-bond acceptors (Lipinski definition) is 2. The number of carbonyl (C=O) groups excluding carboxylic acids is 1. The number of amides is 1. The van der Waals surface area contributed by atoms with E-state index >= 15 is 0 Å². The Labute approximate surface area is 131 Å². The molecule has 1 aliphatic rings. The van der Waals surface area contributed by atoms with Crippen LogP contribution in [0.15, 0.2) is 54.6 Å². The van der Waals surface area contributed by atoms with Gasteiger partial charge in [-0.3, -0.25) is 4.79 Å². The van der Waals surface area contributed by atoms with Crippen molar-refractivity contribution in [3.05, 3.63) is 60.2 Å². The highest BCUT2D eigenvalue weighted by molar-refractivity contribution is 5.80. The van der Waals surface area contributed by atoms with Gasteiger partial charge in [0.2, 0.25) is 0 Å². The number of carbonyl (C=O) groups is 1. The summed E-state index contributed by atoms with van der Waals surface area (Å²) in [6, 6.07) is 18.7. The van der Waals surface area contributed by atoms with Crippen molar-refractivity contribution in [2.45, 2.75) is 25.5 Å². The van der Waals surface area contributed by atoms with Crippen LogP contribution in [0.2, 0.25) is 0 Å². The van der Waals surface area contributed by atoms with Crippen LogP contribution in [0, 0.1) is 0 Å². The van der Waals surface area contributed by atoms with E-state index in [-0.39, 0.29) is 12.0 Å². The predicted molar refractivity (Wildman–Crippen MR) is 87.3 cm³/mol. The Morgan fingerprint density at radius 3 is 2.41 bits per heavy atom. The standard InChI is InChI=1S/C19H21NO2/c1-20(19(21)18-8-5-13-22-18)14-15-9-11-17(12-10-15)16-6-3-2-4-7-16/h2-4,6-7,9-12,18H,5,8,13-14H2,1H3. The maximum atomic E-state index is 12.2. The van der Waals surface area contributed by atoms with E-state index in [1.54, 1.807) is 4.90 Å². The molecular weight excluding hydrogens is 274 g/mol. The van der Waals surface area contributed by atoms with Crippen molar-refractivity contribution in [3.63, 3.8) is 0 Å². The summed E-state index contributed by atoms with van der Waals surface area (Å²) in [4.78, 5) is 14.0. The summed E-state index contributed by atoms with van der Waals surface area (Å²) < 4.78 is 5.46. The second-order valence-corrected chi connectivity index (χ2v) is 5.76. The van der Waals surface area contributed by atoms with E-state index < -0.39 is 0 Å². The molecule has 1 aliphatic heterocycles. The van der Waals surface area contributed by atoms with Gasteiger partial charge in [-0.05, 0) is 29.5 Å².